The number of thioether (sulfide) groups is 1. The van der Waals surface area contributed by atoms with E-state index in [1.54, 1.807) is 0 Å². The maximum absolute atomic E-state index is 6.21. The van der Waals surface area contributed by atoms with Crippen molar-refractivity contribution in [1.82, 2.24) is 4.90 Å². The van der Waals surface area contributed by atoms with Gasteiger partial charge >= 0.3 is 0 Å². The van der Waals surface area contributed by atoms with E-state index in [1.807, 2.05) is 11.8 Å². The summed E-state index contributed by atoms with van der Waals surface area (Å²) in [5, 5.41) is 0. The fourth-order valence-corrected chi connectivity index (χ4v) is 4.39. The second-order valence-corrected chi connectivity index (χ2v) is 7.34. The molecule has 0 saturated heterocycles. The first-order chi connectivity index (χ1) is 9.09. The molecule has 0 aromatic rings. The minimum absolute atomic E-state index is 0.262. The third kappa shape index (κ3) is 4.64. The van der Waals surface area contributed by atoms with E-state index in [9.17, 15) is 0 Å². The monoisotopic (exact) mass is 286 g/mol. The van der Waals surface area contributed by atoms with Crippen LogP contribution in [0.3, 0.4) is 0 Å². The molecule has 2 N–H and O–H groups in total. The highest BCUT2D eigenvalue weighted by molar-refractivity contribution is 7.98. The lowest BCUT2D eigenvalue weighted by molar-refractivity contribution is 0.0774. The molecule has 2 nitrogen and oxygen atoms in total. The lowest BCUT2D eigenvalue weighted by Crippen LogP contribution is -2.55. The van der Waals surface area contributed by atoms with Gasteiger partial charge in [0.25, 0.3) is 0 Å². The first-order valence-electron chi connectivity index (χ1n) is 8.01. The van der Waals surface area contributed by atoms with Gasteiger partial charge in [-0.25, -0.2) is 0 Å². The zero-order valence-corrected chi connectivity index (χ0v) is 14.3. The Morgan fingerprint density at radius 2 is 2.11 bits per heavy atom. The molecule has 1 rings (SSSR count). The van der Waals surface area contributed by atoms with Gasteiger partial charge in [0.1, 0.15) is 0 Å². The van der Waals surface area contributed by atoms with E-state index in [2.05, 4.69) is 32.1 Å². The molecule has 0 aromatic carbocycles. The molecule has 1 aliphatic carbocycles. The molecule has 0 bridgehead atoms. The van der Waals surface area contributed by atoms with Crippen LogP contribution in [-0.4, -0.2) is 42.1 Å². The summed E-state index contributed by atoms with van der Waals surface area (Å²) in [5.74, 6) is 2.15. The van der Waals surface area contributed by atoms with Gasteiger partial charge < -0.3 is 5.73 Å². The fraction of sp³-hybridized carbons (Fsp3) is 1.00. The summed E-state index contributed by atoms with van der Waals surface area (Å²) in [6.07, 6.45) is 11.7. The van der Waals surface area contributed by atoms with E-state index in [-0.39, 0.29) is 5.54 Å². The van der Waals surface area contributed by atoms with Gasteiger partial charge in [-0.3, -0.25) is 4.90 Å². The quantitative estimate of drug-likeness (QED) is 0.723. The molecule has 0 aliphatic heterocycles. The van der Waals surface area contributed by atoms with Crippen LogP contribution in [0.1, 0.15) is 58.8 Å². The Kier molecular flexibility index (Phi) is 7.78. The number of rotatable bonds is 7. The van der Waals surface area contributed by atoms with E-state index < -0.39 is 0 Å². The van der Waals surface area contributed by atoms with Gasteiger partial charge in [0.15, 0.2) is 0 Å². The van der Waals surface area contributed by atoms with Gasteiger partial charge in [-0.2, -0.15) is 11.8 Å². The predicted octanol–water partition coefficient (Wildman–Crippen LogP) is 3.75. The minimum atomic E-state index is 0.262. The topological polar surface area (TPSA) is 29.3 Å². The summed E-state index contributed by atoms with van der Waals surface area (Å²) in [4.78, 5) is 2.60. The van der Waals surface area contributed by atoms with Crippen LogP contribution in [0.2, 0.25) is 0 Å². The molecular formula is C16H34N2S. The van der Waals surface area contributed by atoms with Crippen LogP contribution < -0.4 is 5.73 Å². The molecule has 0 aromatic heterocycles. The first-order valence-corrected chi connectivity index (χ1v) is 9.41. The van der Waals surface area contributed by atoms with Crippen molar-refractivity contribution >= 4 is 11.8 Å². The highest BCUT2D eigenvalue weighted by atomic mass is 32.2. The van der Waals surface area contributed by atoms with Crippen LogP contribution >= 0.6 is 11.8 Å². The van der Waals surface area contributed by atoms with Crippen molar-refractivity contribution in [2.75, 3.05) is 25.6 Å². The molecule has 1 fully saturated rings. The Labute approximate surface area is 124 Å². The lowest BCUT2D eigenvalue weighted by atomic mass is 9.86. The van der Waals surface area contributed by atoms with Gasteiger partial charge in [-0.15, -0.1) is 0 Å². The van der Waals surface area contributed by atoms with E-state index in [4.69, 9.17) is 5.73 Å². The van der Waals surface area contributed by atoms with Gasteiger partial charge in [0.05, 0.1) is 0 Å². The molecule has 1 saturated carbocycles. The molecule has 3 unspecified atom stereocenters. The van der Waals surface area contributed by atoms with E-state index in [0.717, 1.165) is 12.5 Å². The Balaban J connectivity index is 2.68. The summed E-state index contributed by atoms with van der Waals surface area (Å²) < 4.78 is 0. The zero-order chi connectivity index (χ0) is 14.3. The number of hydrogen-bond donors (Lipinski definition) is 1. The molecule has 0 heterocycles. The van der Waals surface area contributed by atoms with E-state index in [0.29, 0.717) is 6.04 Å². The van der Waals surface area contributed by atoms with Crippen molar-refractivity contribution in [3.63, 3.8) is 0 Å². The van der Waals surface area contributed by atoms with E-state index >= 15 is 0 Å². The highest BCUT2D eigenvalue weighted by Crippen LogP contribution is 2.36. The molecule has 114 valence electrons. The smallest absolute Gasteiger partial charge is 0.0331 e. The van der Waals surface area contributed by atoms with Crippen LogP contribution in [0.4, 0.5) is 0 Å². The molecule has 0 amide bonds. The first kappa shape index (κ1) is 17.3. The second-order valence-electron chi connectivity index (χ2n) is 6.43. The van der Waals surface area contributed by atoms with Gasteiger partial charge in [-0.1, -0.05) is 32.6 Å². The SMILES string of the molecule is CCCC1CCCC(CN)(N(C)C(C)CSC)CC1. The molecule has 0 spiro atoms. The maximum atomic E-state index is 6.21. The van der Waals surface area contributed by atoms with Crippen LogP contribution in [0, 0.1) is 5.92 Å². The predicted molar refractivity (Wildman–Crippen MR) is 88.9 cm³/mol. The summed E-state index contributed by atoms with van der Waals surface area (Å²) in [6, 6.07) is 0.626. The average molecular weight is 287 g/mol. The van der Waals surface area contributed by atoms with Crippen molar-refractivity contribution < 1.29 is 0 Å². The average Bonchev–Trinajstić information content (AvgIpc) is 2.62. The van der Waals surface area contributed by atoms with Crippen LogP contribution in [0.15, 0.2) is 0 Å². The van der Waals surface area contributed by atoms with Gasteiger partial charge in [-0.05, 0) is 45.4 Å². The third-order valence-electron chi connectivity index (χ3n) is 5.17. The number of nitrogens with zero attached hydrogens (tertiary/aromatic N) is 1. The number of likely N-dealkylation sites (N-methyl/N-ethyl adjacent to an activating group) is 1. The normalized spacial score (nSPS) is 30.3. The Morgan fingerprint density at radius 3 is 2.68 bits per heavy atom. The zero-order valence-electron chi connectivity index (χ0n) is 13.5. The fourth-order valence-electron chi connectivity index (χ4n) is 3.68. The number of nitrogens with two attached hydrogens (primary N) is 1. The second kappa shape index (κ2) is 8.53. The van der Waals surface area contributed by atoms with E-state index in [1.165, 1.54) is 50.7 Å². The van der Waals surface area contributed by atoms with Crippen molar-refractivity contribution in [3.05, 3.63) is 0 Å². The molecule has 1 aliphatic rings. The number of hydrogen-bond acceptors (Lipinski definition) is 3. The Bertz CT molecular complexity index is 247. The van der Waals surface area contributed by atoms with Crippen LogP contribution in [0.5, 0.6) is 0 Å². The Hall–Kier alpha value is 0.270. The summed E-state index contributed by atoms with van der Waals surface area (Å²) in [6.45, 7) is 5.48. The molecule has 19 heavy (non-hydrogen) atoms. The molecular weight excluding hydrogens is 252 g/mol. The minimum Gasteiger partial charge on any atom is -0.329 e. The standard InChI is InChI=1S/C16H34N2S/c1-5-7-15-8-6-10-16(13-17,11-9-15)18(3)14(2)12-19-4/h14-15H,5-13,17H2,1-4H3. The summed E-state index contributed by atoms with van der Waals surface area (Å²) in [7, 11) is 2.30. The summed E-state index contributed by atoms with van der Waals surface area (Å²) >= 11 is 1.94. The maximum Gasteiger partial charge on any atom is 0.0331 e. The van der Waals surface area contributed by atoms with Gasteiger partial charge in [0.2, 0.25) is 0 Å². The van der Waals surface area contributed by atoms with Crippen molar-refractivity contribution in [3.8, 4) is 0 Å². The molecule has 3 heteroatoms. The molecule has 0 radical (unpaired) electrons. The highest BCUT2D eigenvalue weighted by Gasteiger charge is 2.37. The van der Waals surface area contributed by atoms with Crippen LogP contribution in [-0.2, 0) is 0 Å². The molecule has 3 atom stereocenters. The van der Waals surface area contributed by atoms with Gasteiger partial charge in [0, 0.05) is 23.9 Å². The third-order valence-corrected chi connectivity index (χ3v) is 5.98. The Morgan fingerprint density at radius 1 is 1.37 bits per heavy atom. The van der Waals surface area contributed by atoms with Crippen molar-refractivity contribution in [1.29, 1.82) is 0 Å². The van der Waals surface area contributed by atoms with Crippen molar-refractivity contribution in [2.45, 2.75) is 70.4 Å². The largest absolute Gasteiger partial charge is 0.329 e. The lowest BCUT2D eigenvalue weighted by Gasteiger charge is -2.44. The van der Waals surface area contributed by atoms with Crippen LogP contribution in [0.25, 0.3) is 0 Å². The summed E-state index contributed by atoms with van der Waals surface area (Å²) in [5.41, 5.74) is 6.48. The van der Waals surface area contributed by atoms with Crippen molar-refractivity contribution in [2.24, 2.45) is 11.7 Å².